The molecule has 58 valence electrons. The van der Waals surface area contributed by atoms with Gasteiger partial charge in [0.05, 0.1) is 20.1 Å². The first kappa shape index (κ1) is 7.98. The summed E-state index contributed by atoms with van der Waals surface area (Å²) < 4.78 is 0.370. The Balaban J connectivity index is 2.56. The van der Waals surface area contributed by atoms with E-state index in [2.05, 4.69) is 5.32 Å². The minimum absolute atomic E-state index is 0.249. The number of rotatable bonds is 0. The summed E-state index contributed by atoms with van der Waals surface area (Å²) in [7, 11) is 1.87. The molecule has 1 N–H and O–H groups in total. The smallest absolute Gasteiger partial charge is 0.306 e. The highest BCUT2D eigenvalue weighted by Crippen LogP contribution is 2.08. The van der Waals surface area contributed by atoms with Crippen LogP contribution in [0.25, 0.3) is 0 Å². The van der Waals surface area contributed by atoms with Crippen LogP contribution in [0.4, 0.5) is 4.79 Å². The van der Waals surface area contributed by atoms with Crippen LogP contribution in [-0.4, -0.2) is 43.1 Å². The second-order valence-electron chi connectivity index (χ2n) is 2.85. The fraction of sp³-hybridized carbons (Fsp3) is 0.833. The van der Waals surface area contributed by atoms with Crippen molar-refractivity contribution in [2.24, 2.45) is 0 Å². The molecule has 0 atom stereocenters. The molecule has 1 fully saturated rings. The number of nitrogens with zero attached hydrogens (tertiary/aromatic N) is 1. The number of carbonyl (C=O) groups is 1. The lowest BCUT2D eigenvalue weighted by Crippen LogP contribution is -2.57. The molecule has 10 heavy (non-hydrogen) atoms. The molecule has 0 spiro atoms. The molecule has 0 radical (unpaired) electrons. The molecule has 1 aliphatic heterocycles. The number of piperazine rings is 1. The highest BCUT2D eigenvalue weighted by Gasteiger charge is 2.31. The first-order chi connectivity index (χ1) is 4.65. The Labute approximate surface area is 65.5 Å². The molecular weight excluding hydrogens is 152 g/mol. The molecule has 1 saturated heterocycles. The summed E-state index contributed by atoms with van der Waals surface area (Å²) >= 11 is 5.40. The maximum Gasteiger partial charge on any atom is 0.411 e. The zero-order valence-corrected chi connectivity index (χ0v) is 6.82. The molecule has 0 aromatic heterocycles. The summed E-state index contributed by atoms with van der Waals surface area (Å²) in [5.41, 5.74) is 0. The van der Waals surface area contributed by atoms with Crippen LogP contribution in [0.15, 0.2) is 0 Å². The van der Waals surface area contributed by atoms with Crippen LogP contribution < -0.4 is 5.32 Å². The zero-order valence-electron chi connectivity index (χ0n) is 6.06. The second kappa shape index (κ2) is 2.86. The van der Waals surface area contributed by atoms with E-state index in [0.717, 1.165) is 26.2 Å². The first-order valence-corrected chi connectivity index (χ1v) is 3.78. The highest BCUT2D eigenvalue weighted by molar-refractivity contribution is 6.60. The van der Waals surface area contributed by atoms with E-state index in [4.69, 9.17) is 11.6 Å². The van der Waals surface area contributed by atoms with Crippen molar-refractivity contribution in [1.29, 1.82) is 0 Å². The van der Waals surface area contributed by atoms with Crippen LogP contribution in [-0.2, 0) is 0 Å². The highest BCUT2D eigenvalue weighted by atomic mass is 35.5. The number of hydrogen-bond donors (Lipinski definition) is 1. The Bertz CT molecular complexity index is 143. The quantitative estimate of drug-likeness (QED) is 0.318. The van der Waals surface area contributed by atoms with E-state index in [-0.39, 0.29) is 5.37 Å². The number of quaternary nitrogens is 1. The normalized spacial score (nSPS) is 24.2. The van der Waals surface area contributed by atoms with Gasteiger partial charge in [-0.15, -0.1) is 0 Å². The van der Waals surface area contributed by atoms with Gasteiger partial charge in [-0.05, 0) is 0 Å². The minimum atomic E-state index is -0.249. The molecule has 1 rings (SSSR count). The summed E-state index contributed by atoms with van der Waals surface area (Å²) in [5, 5.41) is 2.92. The van der Waals surface area contributed by atoms with Crippen LogP contribution in [0.5, 0.6) is 0 Å². The zero-order chi connectivity index (χ0) is 7.61. The SMILES string of the molecule is C[N+]1(C(=O)Cl)CCNCC1. The average molecular weight is 164 g/mol. The largest absolute Gasteiger partial charge is 0.411 e. The second-order valence-corrected chi connectivity index (χ2v) is 3.17. The number of nitrogens with one attached hydrogen (secondary N) is 1. The molecule has 1 heterocycles. The van der Waals surface area contributed by atoms with E-state index in [1.165, 1.54) is 0 Å². The summed E-state index contributed by atoms with van der Waals surface area (Å²) in [4.78, 5) is 10.8. The third-order valence-corrected chi connectivity index (χ3v) is 2.40. The lowest BCUT2D eigenvalue weighted by Gasteiger charge is -2.32. The van der Waals surface area contributed by atoms with Gasteiger partial charge in [0.2, 0.25) is 0 Å². The monoisotopic (exact) mass is 163 g/mol. The third-order valence-electron chi connectivity index (χ3n) is 1.99. The number of likely N-dealkylation sites (N-methyl/N-ethyl adjacent to an activating group) is 1. The summed E-state index contributed by atoms with van der Waals surface area (Å²) in [6.07, 6.45) is 0. The van der Waals surface area contributed by atoms with Gasteiger partial charge in [-0.1, -0.05) is 0 Å². The average Bonchev–Trinajstić information content (AvgIpc) is 1.89. The van der Waals surface area contributed by atoms with E-state index in [1.807, 2.05) is 7.05 Å². The van der Waals surface area contributed by atoms with Crippen molar-refractivity contribution >= 4 is 17.0 Å². The number of carbonyl (C=O) groups excluding carboxylic acids is 1. The topological polar surface area (TPSA) is 29.1 Å². The van der Waals surface area contributed by atoms with Crippen LogP contribution in [0.2, 0.25) is 0 Å². The Morgan fingerprint density at radius 2 is 2.00 bits per heavy atom. The Morgan fingerprint density at radius 3 is 2.30 bits per heavy atom. The standard InChI is InChI=1S/C6H12ClN2O/c1-9(6(7)10)4-2-8-3-5-9/h8H,2-5H2,1H3/q+1. The molecule has 3 nitrogen and oxygen atoms in total. The van der Waals surface area contributed by atoms with Gasteiger partial charge in [-0.25, -0.2) is 9.28 Å². The van der Waals surface area contributed by atoms with Gasteiger partial charge in [0.25, 0.3) is 0 Å². The molecule has 0 aromatic rings. The van der Waals surface area contributed by atoms with Gasteiger partial charge >= 0.3 is 5.37 Å². The first-order valence-electron chi connectivity index (χ1n) is 3.40. The molecule has 1 aliphatic rings. The third kappa shape index (κ3) is 1.48. The van der Waals surface area contributed by atoms with Crippen LogP contribution in [0.3, 0.4) is 0 Å². The van der Waals surface area contributed by atoms with Crippen molar-refractivity contribution in [3.05, 3.63) is 0 Å². The van der Waals surface area contributed by atoms with E-state index in [1.54, 1.807) is 0 Å². The van der Waals surface area contributed by atoms with Gasteiger partial charge in [0, 0.05) is 24.7 Å². The lowest BCUT2D eigenvalue weighted by molar-refractivity contribution is -0.826. The lowest BCUT2D eigenvalue weighted by atomic mass is 10.3. The molecular formula is C6H12ClN2O+. The van der Waals surface area contributed by atoms with Gasteiger partial charge in [0.1, 0.15) is 0 Å². The molecule has 0 aromatic carbocycles. The van der Waals surface area contributed by atoms with Crippen LogP contribution >= 0.6 is 11.6 Å². The maximum atomic E-state index is 10.8. The molecule has 0 aliphatic carbocycles. The fourth-order valence-electron chi connectivity index (χ4n) is 1.06. The van der Waals surface area contributed by atoms with E-state index in [9.17, 15) is 4.79 Å². The van der Waals surface area contributed by atoms with Crippen LogP contribution in [0.1, 0.15) is 0 Å². The molecule has 0 bridgehead atoms. The Kier molecular flexibility index (Phi) is 2.28. The van der Waals surface area contributed by atoms with E-state index in [0.29, 0.717) is 4.48 Å². The fourth-order valence-corrected chi connectivity index (χ4v) is 1.23. The predicted molar refractivity (Wildman–Crippen MR) is 40.0 cm³/mol. The maximum absolute atomic E-state index is 10.8. The van der Waals surface area contributed by atoms with Gasteiger partial charge in [0.15, 0.2) is 0 Å². The van der Waals surface area contributed by atoms with E-state index >= 15 is 0 Å². The number of amides is 1. The number of hydrogen-bond acceptors (Lipinski definition) is 2. The van der Waals surface area contributed by atoms with Crippen molar-refractivity contribution in [3.8, 4) is 0 Å². The summed E-state index contributed by atoms with van der Waals surface area (Å²) in [6.45, 7) is 3.38. The van der Waals surface area contributed by atoms with Gasteiger partial charge in [-0.2, -0.15) is 0 Å². The summed E-state index contributed by atoms with van der Waals surface area (Å²) in [5.74, 6) is 0. The van der Waals surface area contributed by atoms with Crippen molar-refractivity contribution in [1.82, 2.24) is 5.32 Å². The Morgan fingerprint density at radius 1 is 1.50 bits per heavy atom. The van der Waals surface area contributed by atoms with E-state index < -0.39 is 0 Å². The molecule has 0 saturated carbocycles. The van der Waals surface area contributed by atoms with Crippen LogP contribution in [0, 0.1) is 0 Å². The minimum Gasteiger partial charge on any atom is -0.306 e. The van der Waals surface area contributed by atoms with Gasteiger partial charge < -0.3 is 5.32 Å². The van der Waals surface area contributed by atoms with Gasteiger partial charge in [-0.3, -0.25) is 0 Å². The van der Waals surface area contributed by atoms with Crippen molar-refractivity contribution < 1.29 is 9.28 Å². The van der Waals surface area contributed by atoms with Crippen molar-refractivity contribution in [2.75, 3.05) is 33.2 Å². The molecule has 4 heteroatoms. The molecule has 1 amide bonds. The number of halogens is 1. The Hall–Kier alpha value is -0.120. The predicted octanol–water partition coefficient (Wildman–Crippen LogP) is 0.395. The van der Waals surface area contributed by atoms with Crippen molar-refractivity contribution in [3.63, 3.8) is 0 Å². The molecule has 0 unspecified atom stereocenters. The summed E-state index contributed by atoms with van der Waals surface area (Å²) in [6, 6.07) is 0. The van der Waals surface area contributed by atoms with Crippen molar-refractivity contribution in [2.45, 2.75) is 0 Å².